The fourth-order valence-electron chi connectivity index (χ4n) is 1.38. The number of nitrogens with one attached hydrogen (secondary N) is 1. The molecule has 0 saturated carbocycles. The normalized spacial score (nSPS) is 9.75. The molecule has 16 heavy (non-hydrogen) atoms. The van der Waals surface area contributed by atoms with Gasteiger partial charge in [0.25, 0.3) is 0 Å². The van der Waals surface area contributed by atoms with Gasteiger partial charge in [-0.15, -0.1) is 0 Å². The third kappa shape index (κ3) is 2.38. The average molecular weight is 232 g/mol. The molecule has 0 fully saturated rings. The third-order valence-corrected chi connectivity index (χ3v) is 2.88. The van der Waals surface area contributed by atoms with Crippen molar-refractivity contribution >= 4 is 17.0 Å². The zero-order valence-corrected chi connectivity index (χ0v) is 9.22. The minimum absolute atomic E-state index is 0.318. The molecule has 1 aromatic carbocycles. The first-order valence-electron chi connectivity index (χ1n) is 4.74. The van der Waals surface area contributed by atoms with Crippen molar-refractivity contribution in [1.29, 1.82) is 5.26 Å². The summed E-state index contributed by atoms with van der Waals surface area (Å²) in [5.41, 5.74) is 2.16. The standard InChI is InChI=1S/C12H9FN2S/c13-11-2-1-9(6-14)10(5-11)7-15-12-3-4-16-8-12/h1-5,8,15H,7H2. The lowest BCUT2D eigenvalue weighted by atomic mass is 10.1. The van der Waals surface area contributed by atoms with Gasteiger partial charge in [0.1, 0.15) is 5.82 Å². The molecule has 0 saturated heterocycles. The molecule has 0 atom stereocenters. The molecule has 2 aromatic rings. The first kappa shape index (κ1) is 10.7. The number of thiophene rings is 1. The minimum Gasteiger partial charge on any atom is -0.380 e. The molecular formula is C12H9FN2S. The van der Waals surface area contributed by atoms with Crippen molar-refractivity contribution in [1.82, 2.24) is 0 Å². The van der Waals surface area contributed by atoms with Gasteiger partial charge in [-0.25, -0.2) is 4.39 Å². The van der Waals surface area contributed by atoms with Gasteiger partial charge >= 0.3 is 0 Å². The smallest absolute Gasteiger partial charge is 0.123 e. The topological polar surface area (TPSA) is 35.8 Å². The van der Waals surface area contributed by atoms with E-state index in [1.165, 1.54) is 18.2 Å². The Bertz CT molecular complexity index is 514. The Morgan fingerprint density at radius 2 is 2.25 bits per heavy atom. The van der Waals surface area contributed by atoms with Crippen LogP contribution in [0.25, 0.3) is 0 Å². The second-order valence-electron chi connectivity index (χ2n) is 3.28. The van der Waals surface area contributed by atoms with E-state index in [1.807, 2.05) is 22.9 Å². The van der Waals surface area contributed by atoms with Crippen molar-refractivity contribution in [3.05, 3.63) is 52.0 Å². The largest absolute Gasteiger partial charge is 0.380 e. The number of hydrogen-bond acceptors (Lipinski definition) is 3. The van der Waals surface area contributed by atoms with Crippen LogP contribution < -0.4 is 5.32 Å². The highest BCUT2D eigenvalue weighted by Crippen LogP contribution is 2.15. The van der Waals surface area contributed by atoms with Crippen LogP contribution in [0.3, 0.4) is 0 Å². The molecule has 0 unspecified atom stereocenters. The Morgan fingerprint density at radius 1 is 1.38 bits per heavy atom. The molecule has 0 spiro atoms. The van der Waals surface area contributed by atoms with Crippen molar-refractivity contribution in [2.75, 3.05) is 5.32 Å². The van der Waals surface area contributed by atoms with Crippen molar-refractivity contribution in [2.45, 2.75) is 6.54 Å². The first-order chi connectivity index (χ1) is 7.79. The Kier molecular flexibility index (Phi) is 3.18. The summed E-state index contributed by atoms with van der Waals surface area (Å²) in [5.74, 6) is -0.318. The molecule has 0 radical (unpaired) electrons. The third-order valence-electron chi connectivity index (χ3n) is 2.19. The lowest BCUT2D eigenvalue weighted by molar-refractivity contribution is 0.625. The number of rotatable bonds is 3. The lowest BCUT2D eigenvalue weighted by Crippen LogP contribution is -2.01. The van der Waals surface area contributed by atoms with E-state index in [-0.39, 0.29) is 5.82 Å². The Labute approximate surface area is 97.0 Å². The maximum absolute atomic E-state index is 13.0. The van der Waals surface area contributed by atoms with Gasteiger partial charge in [0.15, 0.2) is 0 Å². The van der Waals surface area contributed by atoms with E-state index in [0.717, 1.165) is 5.69 Å². The second kappa shape index (κ2) is 4.77. The van der Waals surface area contributed by atoms with E-state index < -0.39 is 0 Å². The predicted octanol–water partition coefficient (Wildman–Crippen LogP) is 3.37. The van der Waals surface area contributed by atoms with Crippen LogP contribution in [0.2, 0.25) is 0 Å². The SMILES string of the molecule is N#Cc1ccc(F)cc1CNc1ccsc1. The average Bonchev–Trinajstić information content (AvgIpc) is 2.79. The molecule has 0 amide bonds. The van der Waals surface area contributed by atoms with Crippen LogP contribution in [0.4, 0.5) is 10.1 Å². The molecule has 1 aromatic heterocycles. The molecule has 80 valence electrons. The van der Waals surface area contributed by atoms with E-state index in [9.17, 15) is 4.39 Å². The molecular weight excluding hydrogens is 223 g/mol. The molecule has 4 heteroatoms. The van der Waals surface area contributed by atoms with Crippen LogP contribution >= 0.6 is 11.3 Å². The van der Waals surface area contributed by atoms with E-state index >= 15 is 0 Å². The summed E-state index contributed by atoms with van der Waals surface area (Å²) in [6.45, 7) is 0.456. The number of nitrogens with zero attached hydrogens (tertiary/aromatic N) is 1. The van der Waals surface area contributed by atoms with Gasteiger partial charge in [0.05, 0.1) is 11.6 Å². The Hall–Kier alpha value is -1.86. The Balaban J connectivity index is 2.15. The van der Waals surface area contributed by atoms with Gasteiger partial charge in [0.2, 0.25) is 0 Å². The number of nitriles is 1. The van der Waals surface area contributed by atoms with E-state index in [0.29, 0.717) is 17.7 Å². The summed E-state index contributed by atoms with van der Waals surface area (Å²) in [5, 5.41) is 15.9. The number of anilines is 1. The zero-order chi connectivity index (χ0) is 11.4. The zero-order valence-electron chi connectivity index (χ0n) is 8.40. The summed E-state index contributed by atoms with van der Waals surface area (Å²) in [7, 11) is 0. The number of benzene rings is 1. The monoisotopic (exact) mass is 232 g/mol. The van der Waals surface area contributed by atoms with Crippen LogP contribution in [0.15, 0.2) is 35.0 Å². The molecule has 0 aliphatic rings. The summed E-state index contributed by atoms with van der Waals surface area (Å²) in [6, 6.07) is 8.17. The molecule has 1 N–H and O–H groups in total. The fraction of sp³-hybridized carbons (Fsp3) is 0.0833. The number of hydrogen-bond donors (Lipinski definition) is 1. The fourth-order valence-corrected chi connectivity index (χ4v) is 1.99. The van der Waals surface area contributed by atoms with E-state index in [2.05, 4.69) is 5.32 Å². The van der Waals surface area contributed by atoms with Crippen molar-refractivity contribution in [3.63, 3.8) is 0 Å². The highest BCUT2D eigenvalue weighted by Gasteiger charge is 2.03. The van der Waals surface area contributed by atoms with Gasteiger partial charge in [-0.2, -0.15) is 16.6 Å². The van der Waals surface area contributed by atoms with Crippen LogP contribution in [-0.4, -0.2) is 0 Å². The maximum atomic E-state index is 13.0. The van der Waals surface area contributed by atoms with Crippen LogP contribution in [0, 0.1) is 17.1 Å². The molecule has 2 nitrogen and oxygen atoms in total. The summed E-state index contributed by atoms with van der Waals surface area (Å²) in [6.07, 6.45) is 0. The van der Waals surface area contributed by atoms with E-state index in [1.54, 1.807) is 11.3 Å². The van der Waals surface area contributed by atoms with Crippen LogP contribution in [0.5, 0.6) is 0 Å². The van der Waals surface area contributed by atoms with Crippen LogP contribution in [-0.2, 0) is 6.54 Å². The lowest BCUT2D eigenvalue weighted by Gasteiger charge is -2.06. The van der Waals surface area contributed by atoms with Crippen molar-refractivity contribution in [2.24, 2.45) is 0 Å². The highest BCUT2D eigenvalue weighted by molar-refractivity contribution is 7.08. The molecule has 0 aliphatic carbocycles. The van der Waals surface area contributed by atoms with Crippen molar-refractivity contribution in [3.8, 4) is 6.07 Å². The van der Waals surface area contributed by atoms with Gasteiger partial charge in [0, 0.05) is 17.6 Å². The summed E-state index contributed by atoms with van der Waals surface area (Å²) < 4.78 is 13.0. The van der Waals surface area contributed by atoms with Gasteiger partial charge in [-0.3, -0.25) is 0 Å². The van der Waals surface area contributed by atoms with Crippen LogP contribution in [0.1, 0.15) is 11.1 Å². The Morgan fingerprint density at radius 3 is 2.94 bits per heavy atom. The minimum atomic E-state index is -0.318. The number of halogens is 1. The molecule has 0 aliphatic heterocycles. The summed E-state index contributed by atoms with van der Waals surface area (Å²) in [4.78, 5) is 0. The molecule has 0 bridgehead atoms. The van der Waals surface area contributed by atoms with E-state index in [4.69, 9.17) is 5.26 Å². The summed E-state index contributed by atoms with van der Waals surface area (Å²) >= 11 is 1.59. The second-order valence-corrected chi connectivity index (χ2v) is 4.06. The predicted molar refractivity (Wildman–Crippen MR) is 62.8 cm³/mol. The first-order valence-corrected chi connectivity index (χ1v) is 5.68. The quantitative estimate of drug-likeness (QED) is 0.880. The maximum Gasteiger partial charge on any atom is 0.123 e. The van der Waals surface area contributed by atoms with Gasteiger partial charge in [-0.1, -0.05) is 0 Å². The molecule has 1 heterocycles. The highest BCUT2D eigenvalue weighted by atomic mass is 32.1. The van der Waals surface area contributed by atoms with Gasteiger partial charge < -0.3 is 5.32 Å². The van der Waals surface area contributed by atoms with Gasteiger partial charge in [-0.05, 0) is 35.2 Å². The molecule has 2 rings (SSSR count). The van der Waals surface area contributed by atoms with Crippen molar-refractivity contribution < 1.29 is 4.39 Å².